The first-order valence-corrected chi connectivity index (χ1v) is 3.28. The maximum atomic E-state index is 8.49. The van der Waals surface area contributed by atoms with Gasteiger partial charge < -0.3 is 4.98 Å². The fourth-order valence-electron chi connectivity index (χ4n) is 0.632. The molecule has 1 heterocycles. The van der Waals surface area contributed by atoms with Gasteiger partial charge in [-0.3, -0.25) is 0 Å². The number of halogens is 1. The third-order valence-corrected chi connectivity index (χ3v) is 1.77. The van der Waals surface area contributed by atoms with E-state index in [1.807, 2.05) is 6.92 Å². The van der Waals surface area contributed by atoms with E-state index >= 15 is 0 Å². The minimum atomic E-state index is 0.690. The Hall–Kier alpha value is -0.750. The van der Waals surface area contributed by atoms with Crippen LogP contribution in [0.4, 0.5) is 0 Å². The molecule has 0 aliphatic rings. The van der Waals surface area contributed by atoms with Crippen LogP contribution in [0.3, 0.4) is 0 Å². The molecule has 1 aromatic rings. The minimum absolute atomic E-state index is 0.690. The molecule has 46 valence electrons. The predicted octanol–water partition coefficient (Wildman–Crippen LogP) is 1.96. The molecule has 0 bridgehead atoms. The van der Waals surface area contributed by atoms with Crippen LogP contribution in [0.15, 0.2) is 10.7 Å². The number of aromatic amines is 1. The second-order valence-electron chi connectivity index (χ2n) is 1.75. The van der Waals surface area contributed by atoms with Crippen molar-refractivity contribution in [2.75, 3.05) is 0 Å². The number of nitrogens with zero attached hydrogens (tertiary/aromatic N) is 1. The third-order valence-electron chi connectivity index (χ3n) is 1.14. The fourth-order valence-corrected chi connectivity index (χ4v) is 1.13. The van der Waals surface area contributed by atoms with Gasteiger partial charge in [0, 0.05) is 11.9 Å². The van der Waals surface area contributed by atoms with Gasteiger partial charge in [-0.05, 0) is 22.9 Å². The SMILES string of the molecule is Cc1[nH]cc(Br)c1C#N. The van der Waals surface area contributed by atoms with Gasteiger partial charge in [-0.2, -0.15) is 5.26 Å². The van der Waals surface area contributed by atoms with Gasteiger partial charge in [-0.25, -0.2) is 0 Å². The van der Waals surface area contributed by atoms with Crippen LogP contribution < -0.4 is 0 Å². The Morgan fingerprint density at radius 3 is 2.67 bits per heavy atom. The van der Waals surface area contributed by atoms with Gasteiger partial charge in [0.2, 0.25) is 0 Å². The summed E-state index contributed by atoms with van der Waals surface area (Å²) in [5, 5.41) is 8.49. The second kappa shape index (κ2) is 2.24. The van der Waals surface area contributed by atoms with E-state index < -0.39 is 0 Å². The molecule has 0 fully saturated rings. The number of aromatic nitrogens is 1. The average molecular weight is 185 g/mol. The number of aryl methyl sites for hydroxylation is 1. The van der Waals surface area contributed by atoms with Crippen LogP contribution >= 0.6 is 15.9 Å². The van der Waals surface area contributed by atoms with Gasteiger partial charge in [-0.15, -0.1) is 0 Å². The normalized spacial score (nSPS) is 9.00. The Bertz CT molecular complexity index is 237. The van der Waals surface area contributed by atoms with Gasteiger partial charge >= 0.3 is 0 Å². The van der Waals surface area contributed by atoms with Crippen molar-refractivity contribution < 1.29 is 0 Å². The first-order valence-electron chi connectivity index (χ1n) is 2.49. The highest BCUT2D eigenvalue weighted by Gasteiger charge is 2.01. The lowest BCUT2D eigenvalue weighted by Crippen LogP contribution is -1.73. The zero-order chi connectivity index (χ0) is 6.85. The Balaban J connectivity index is 3.27. The fraction of sp³-hybridized carbons (Fsp3) is 0.167. The van der Waals surface area contributed by atoms with Gasteiger partial charge in [0.1, 0.15) is 6.07 Å². The number of rotatable bonds is 0. The maximum Gasteiger partial charge on any atom is 0.102 e. The van der Waals surface area contributed by atoms with Gasteiger partial charge in [0.25, 0.3) is 0 Å². The smallest absolute Gasteiger partial charge is 0.102 e. The van der Waals surface area contributed by atoms with Crippen LogP contribution in [0.25, 0.3) is 0 Å². The molecule has 0 aliphatic carbocycles. The van der Waals surface area contributed by atoms with E-state index in [4.69, 9.17) is 5.26 Å². The first kappa shape index (κ1) is 6.37. The first-order chi connectivity index (χ1) is 4.25. The minimum Gasteiger partial charge on any atom is -0.363 e. The van der Waals surface area contributed by atoms with Gasteiger partial charge in [-0.1, -0.05) is 0 Å². The molecule has 9 heavy (non-hydrogen) atoms. The van der Waals surface area contributed by atoms with E-state index in [-0.39, 0.29) is 0 Å². The standard InChI is InChI=1S/C6H5BrN2/c1-4-5(2-8)6(7)3-9-4/h3,9H,1H3. The molecule has 0 saturated carbocycles. The summed E-state index contributed by atoms with van der Waals surface area (Å²) < 4.78 is 0.836. The van der Waals surface area contributed by atoms with E-state index in [0.29, 0.717) is 5.56 Å². The highest BCUT2D eigenvalue weighted by atomic mass is 79.9. The van der Waals surface area contributed by atoms with E-state index in [1.54, 1.807) is 6.20 Å². The molecule has 0 radical (unpaired) electrons. The number of H-pyrrole nitrogens is 1. The Morgan fingerprint density at radius 2 is 2.44 bits per heavy atom. The average Bonchev–Trinajstić information content (AvgIpc) is 2.12. The van der Waals surface area contributed by atoms with Crippen molar-refractivity contribution in [3.8, 4) is 6.07 Å². The van der Waals surface area contributed by atoms with Crippen LogP contribution in [0.2, 0.25) is 0 Å². The molecule has 0 spiro atoms. The molecule has 0 unspecified atom stereocenters. The number of hydrogen-bond acceptors (Lipinski definition) is 1. The van der Waals surface area contributed by atoms with E-state index in [2.05, 4.69) is 27.0 Å². The highest BCUT2D eigenvalue weighted by Crippen LogP contribution is 2.17. The maximum absolute atomic E-state index is 8.49. The van der Waals surface area contributed by atoms with Crippen molar-refractivity contribution >= 4 is 15.9 Å². The van der Waals surface area contributed by atoms with Crippen LogP contribution in [0, 0.1) is 18.3 Å². The quantitative estimate of drug-likeness (QED) is 0.659. The van der Waals surface area contributed by atoms with E-state index in [0.717, 1.165) is 10.2 Å². The van der Waals surface area contributed by atoms with Crippen molar-refractivity contribution in [3.05, 3.63) is 21.9 Å². The van der Waals surface area contributed by atoms with Crippen molar-refractivity contribution in [2.24, 2.45) is 0 Å². The van der Waals surface area contributed by atoms with Gasteiger partial charge in [0.05, 0.1) is 10.0 Å². The number of nitrogens with one attached hydrogen (secondary N) is 1. The van der Waals surface area contributed by atoms with Crippen LogP contribution in [0.5, 0.6) is 0 Å². The molecule has 0 aliphatic heterocycles. The summed E-state index contributed by atoms with van der Waals surface area (Å²) in [5.41, 5.74) is 1.60. The summed E-state index contributed by atoms with van der Waals surface area (Å²) in [4.78, 5) is 2.92. The highest BCUT2D eigenvalue weighted by molar-refractivity contribution is 9.10. The van der Waals surface area contributed by atoms with Crippen LogP contribution in [0.1, 0.15) is 11.3 Å². The molecule has 1 rings (SSSR count). The Labute approximate surface area is 61.6 Å². The van der Waals surface area contributed by atoms with Crippen molar-refractivity contribution in [1.82, 2.24) is 4.98 Å². The van der Waals surface area contributed by atoms with Crippen LogP contribution in [-0.4, -0.2) is 4.98 Å². The van der Waals surface area contributed by atoms with E-state index in [9.17, 15) is 0 Å². The molecule has 1 N–H and O–H groups in total. The zero-order valence-corrected chi connectivity index (χ0v) is 6.49. The van der Waals surface area contributed by atoms with Crippen molar-refractivity contribution in [2.45, 2.75) is 6.92 Å². The monoisotopic (exact) mass is 184 g/mol. The molecular formula is C6H5BrN2. The Morgan fingerprint density at radius 1 is 1.78 bits per heavy atom. The summed E-state index contributed by atoms with van der Waals surface area (Å²) in [6.07, 6.45) is 1.76. The lowest BCUT2D eigenvalue weighted by atomic mass is 10.3. The second-order valence-corrected chi connectivity index (χ2v) is 2.60. The summed E-state index contributed by atoms with van der Waals surface area (Å²) in [5.74, 6) is 0. The van der Waals surface area contributed by atoms with Crippen molar-refractivity contribution in [3.63, 3.8) is 0 Å². The molecule has 2 nitrogen and oxygen atoms in total. The molecule has 0 saturated heterocycles. The summed E-state index contributed by atoms with van der Waals surface area (Å²) in [6.45, 7) is 1.86. The lowest BCUT2D eigenvalue weighted by Gasteiger charge is -1.82. The summed E-state index contributed by atoms with van der Waals surface area (Å²) in [7, 11) is 0. The molecule has 0 atom stereocenters. The molecule has 3 heteroatoms. The predicted molar refractivity (Wildman–Crippen MR) is 37.9 cm³/mol. The zero-order valence-electron chi connectivity index (χ0n) is 4.90. The summed E-state index contributed by atoms with van der Waals surface area (Å²) in [6, 6.07) is 2.07. The third kappa shape index (κ3) is 0.984. The number of hydrogen-bond donors (Lipinski definition) is 1. The molecule has 1 aromatic heterocycles. The molecule has 0 aromatic carbocycles. The summed E-state index contributed by atoms with van der Waals surface area (Å²) >= 11 is 3.22. The van der Waals surface area contributed by atoms with Crippen LogP contribution in [-0.2, 0) is 0 Å². The number of nitriles is 1. The Kier molecular flexibility index (Phi) is 1.58. The lowest BCUT2D eigenvalue weighted by molar-refractivity contribution is 1.25. The van der Waals surface area contributed by atoms with E-state index in [1.165, 1.54) is 0 Å². The largest absolute Gasteiger partial charge is 0.363 e. The van der Waals surface area contributed by atoms with Gasteiger partial charge in [0.15, 0.2) is 0 Å². The topological polar surface area (TPSA) is 39.6 Å². The molecular weight excluding hydrogens is 180 g/mol. The van der Waals surface area contributed by atoms with Crippen molar-refractivity contribution in [1.29, 1.82) is 5.26 Å². The molecule has 0 amide bonds.